The van der Waals surface area contributed by atoms with Gasteiger partial charge < -0.3 is 0 Å². The predicted molar refractivity (Wildman–Crippen MR) is 146 cm³/mol. The first-order valence-electron chi connectivity index (χ1n) is 11.7. The first-order chi connectivity index (χ1) is 16.9. The van der Waals surface area contributed by atoms with Crippen molar-refractivity contribution >= 4 is 43.1 Å². The van der Waals surface area contributed by atoms with Crippen molar-refractivity contribution in [1.29, 1.82) is 0 Å². The number of fused-ring (bicyclic) bond motifs is 4. The molecule has 0 saturated heterocycles. The maximum Gasteiger partial charge on any atom is -0.00139 e. The molecule has 0 saturated carbocycles. The average molecular weight is 430 g/mol. The Kier molecular flexibility index (Phi) is 4.25. The molecule has 7 aromatic carbocycles. The zero-order valence-electron chi connectivity index (χ0n) is 18.6. The molecule has 0 heterocycles. The summed E-state index contributed by atoms with van der Waals surface area (Å²) < 4.78 is 0. The Morgan fingerprint density at radius 3 is 1.53 bits per heavy atom. The van der Waals surface area contributed by atoms with E-state index in [9.17, 15) is 0 Å². The molecule has 0 aromatic heterocycles. The predicted octanol–water partition coefficient (Wildman–Crippen LogP) is 9.43. The number of hydrogen-bond acceptors (Lipinski definition) is 0. The minimum atomic E-state index is 1.17. The molecule has 0 bridgehead atoms. The highest BCUT2D eigenvalue weighted by atomic mass is 14.2. The summed E-state index contributed by atoms with van der Waals surface area (Å²) in [6.45, 7) is 0. The van der Waals surface area contributed by atoms with Gasteiger partial charge in [0.2, 0.25) is 0 Å². The summed E-state index contributed by atoms with van der Waals surface area (Å²) in [5, 5.41) is 9.97. The summed E-state index contributed by atoms with van der Waals surface area (Å²) in [6, 6.07) is 49.5. The molecule has 0 N–H and O–H groups in total. The van der Waals surface area contributed by atoms with Gasteiger partial charge in [-0.3, -0.25) is 0 Å². The fraction of sp³-hybridized carbons (Fsp3) is 0. The maximum absolute atomic E-state index is 3.61. The molecule has 0 spiro atoms. The van der Waals surface area contributed by atoms with E-state index in [0.717, 1.165) is 0 Å². The average Bonchev–Trinajstić information content (AvgIpc) is 2.91. The van der Waals surface area contributed by atoms with Crippen molar-refractivity contribution in [2.45, 2.75) is 0 Å². The van der Waals surface area contributed by atoms with E-state index in [1.54, 1.807) is 0 Å². The van der Waals surface area contributed by atoms with Crippen LogP contribution in [0.3, 0.4) is 0 Å². The molecule has 0 aliphatic heterocycles. The highest BCUT2D eigenvalue weighted by Crippen LogP contribution is 2.44. The van der Waals surface area contributed by atoms with Crippen molar-refractivity contribution in [3.63, 3.8) is 0 Å². The quantitative estimate of drug-likeness (QED) is 0.240. The lowest BCUT2D eigenvalue weighted by molar-refractivity contribution is 1.67. The summed E-state index contributed by atoms with van der Waals surface area (Å²) >= 11 is 0. The molecule has 7 aromatic rings. The van der Waals surface area contributed by atoms with E-state index in [-0.39, 0.29) is 0 Å². The normalized spacial score (nSPS) is 11.5. The second-order valence-corrected chi connectivity index (χ2v) is 8.88. The van der Waals surface area contributed by atoms with E-state index in [1.165, 1.54) is 65.3 Å². The van der Waals surface area contributed by atoms with Gasteiger partial charge in [-0.1, -0.05) is 115 Å². The van der Waals surface area contributed by atoms with Crippen LogP contribution < -0.4 is 0 Å². The molecule has 7 rings (SSSR count). The van der Waals surface area contributed by atoms with Crippen LogP contribution in [-0.4, -0.2) is 0 Å². The highest BCUT2D eigenvalue weighted by Gasteiger charge is 2.16. The first kappa shape index (κ1) is 19.1. The Bertz CT molecular complexity index is 1660. The summed E-state index contributed by atoms with van der Waals surface area (Å²) in [5.74, 6) is 0. The Hall–Kier alpha value is -4.42. The molecule has 34 heavy (non-hydrogen) atoms. The molecule has 1 radical (unpaired) electrons. The van der Waals surface area contributed by atoms with Crippen LogP contribution in [0.15, 0.2) is 127 Å². The van der Waals surface area contributed by atoms with E-state index in [4.69, 9.17) is 0 Å². The van der Waals surface area contributed by atoms with Crippen LogP contribution >= 0.6 is 0 Å². The number of benzene rings is 7. The van der Waals surface area contributed by atoms with Gasteiger partial charge >= 0.3 is 0 Å². The summed E-state index contributed by atoms with van der Waals surface area (Å²) in [5.41, 5.74) is 5.00. The molecule has 0 aliphatic rings. The molecule has 0 amide bonds. The number of hydrogen-bond donors (Lipinski definition) is 0. The third-order valence-electron chi connectivity index (χ3n) is 6.92. The van der Waals surface area contributed by atoms with E-state index < -0.39 is 0 Å². The van der Waals surface area contributed by atoms with E-state index in [0.29, 0.717) is 0 Å². The Morgan fingerprint density at radius 1 is 0.382 bits per heavy atom. The standard InChI is InChI=1S/C34H21/c1-3-11-25-21-27(19-17-23(25)9-1)33-29-13-5-7-15-31(29)34(32-16-8-6-14-30(32)33)28-20-18-24-10-2-4-12-26(24)22-28/h1-15,17-22H. The lowest BCUT2D eigenvalue weighted by Crippen LogP contribution is -1.91. The lowest BCUT2D eigenvalue weighted by Gasteiger charge is -2.18. The molecular weight excluding hydrogens is 408 g/mol. The van der Waals surface area contributed by atoms with Crippen LogP contribution in [0, 0.1) is 6.07 Å². The summed E-state index contributed by atoms with van der Waals surface area (Å²) in [4.78, 5) is 0. The molecule has 0 heteroatoms. The van der Waals surface area contributed by atoms with Crippen molar-refractivity contribution in [1.82, 2.24) is 0 Å². The minimum absolute atomic E-state index is 1.17. The second-order valence-electron chi connectivity index (χ2n) is 8.88. The van der Waals surface area contributed by atoms with Crippen molar-refractivity contribution in [2.75, 3.05) is 0 Å². The van der Waals surface area contributed by atoms with Crippen LogP contribution in [0.25, 0.3) is 65.3 Å². The lowest BCUT2D eigenvalue weighted by atomic mass is 9.85. The smallest absolute Gasteiger partial charge is 0.00139 e. The second kappa shape index (κ2) is 7.57. The largest absolute Gasteiger partial charge is 0.0616 e. The fourth-order valence-corrected chi connectivity index (χ4v) is 5.35. The van der Waals surface area contributed by atoms with Crippen molar-refractivity contribution in [3.8, 4) is 22.3 Å². The Morgan fingerprint density at radius 2 is 0.882 bits per heavy atom. The van der Waals surface area contributed by atoms with Gasteiger partial charge in [-0.25, -0.2) is 0 Å². The Balaban J connectivity index is 1.61. The van der Waals surface area contributed by atoms with Crippen LogP contribution in [0.2, 0.25) is 0 Å². The van der Waals surface area contributed by atoms with Gasteiger partial charge in [0.05, 0.1) is 0 Å². The third kappa shape index (κ3) is 2.93. The first-order valence-corrected chi connectivity index (χ1v) is 11.7. The van der Waals surface area contributed by atoms with Gasteiger partial charge in [-0.2, -0.15) is 0 Å². The molecule has 0 fully saturated rings. The minimum Gasteiger partial charge on any atom is -0.0616 e. The monoisotopic (exact) mass is 429 g/mol. The van der Waals surface area contributed by atoms with Gasteiger partial charge in [-0.15, -0.1) is 0 Å². The van der Waals surface area contributed by atoms with E-state index >= 15 is 0 Å². The van der Waals surface area contributed by atoms with Gasteiger partial charge in [0, 0.05) is 0 Å². The Labute approximate surface area is 198 Å². The van der Waals surface area contributed by atoms with E-state index in [1.807, 2.05) is 6.07 Å². The fourth-order valence-electron chi connectivity index (χ4n) is 5.35. The molecule has 0 atom stereocenters. The zero-order chi connectivity index (χ0) is 22.5. The molecule has 0 nitrogen and oxygen atoms in total. The van der Waals surface area contributed by atoms with Crippen molar-refractivity contribution in [2.24, 2.45) is 0 Å². The van der Waals surface area contributed by atoms with Gasteiger partial charge in [0.25, 0.3) is 0 Å². The van der Waals surface area contributed by atoms with Gasteiger partial charge in [0.15, 0.2) is 0 Å². The van der Waals surface area contributed by atoms with Crippen LogP contribution in [0.5, 0.6) is 0 Å². The summed E-state index contributed by atoms with van der Waals surface area (Å²) in [6.07, 6.45) is 0. The van der Waals surface area contributed by atoms with Gasteiger partial charge in [-0.05, 0) is 83.5 Å². The van der Waals surface area contributed by atoms with Crippen LogP contribution in [0.4, 0.5) is 0 Å². The molecule has 157 valence electrons. The van der Waals surface area contributed by atoms with Crippen LogP contribution in [-0.2, 0) is 0 Å². The zero-order valence-corrected chi connectivity index (χ0v) is 18.6. The molecular formula is C34H21. The van der Waals surface area contributed by atoms with Crippen molar-refractivity contribution < 1.29 is 0 Å². The highest BCUT2D eigenvalue weighted by molar-refractivity contribution is 6.21. The molecule has 0 aliphatic carbocycles. The van der Waals surface area contributed by atoms with Gasteiger partial charge in [0.1, 0.15) is 0 Å². The van der Waals surface area contributed by atoms with Crippen molar-refractivity contribution in [3.05, 3.63) is 133 Å². The topological polar surface area (TPSA) is 0 Å². The van der Waals surface area contributed by atoms with Crippen LogP contribution in [0.1, 0.15) is 0 Å². The third-order valence-corrected chi connectivity index (χ3v) is 6.92. The number of rotatable bonds is 2. The SMILES string of the molecule is [c]1cccc2c(-c3ccc4ccccc4c3)c3ccccc3c(-c3ccc4ccccc4c3)c12. The molecule has 0 unspecified atom stereocenters. The maximum atomic E-state index is 3.61. The summed E-state index contributed by atoms with van der Waals surface area (Å²) in [7, 11) is 0. The van der Waals surface area contributed by atoms with E-state index in [2.05, 4.69) is 127 Å².